The smallest absolute Gasteiger partial charge is 0.232 e. The highest BCUT2D eigenvalue weighted by Gasteiger charge is 2.18. The zero-order valence-corrected chi connectivity index (χ0v) is 19.2. The summed E-state index contributed by atoms with van der Waals surface area (Å²) in [6, 6.07) is 33.7. The molecule has 4 aromatic heterocycles. The summed E-state index contributed by atoms with van der Waals surface area (Å²) in [5, 5.41) is 5.86. The van der Waals surface area contributed by atoms with Gasteiger partial charge in [-0.3, -0.25) is 9.38 Å². The van der Waals surface area contributed by atoms with Crippen molar-refractivity contribution < 1.29 is 4.42 Å². The molecule has 0 spiro atoms. The van der Waals surface area contributed by atoms with Gasteiger partial charge in [-0.25, -0.2) is 4.98 Å². The van der Waals surface area contributed by atoms with Crippen molar-refractivity contribution in [1.29, 1.82) is 0 Å². The molecule has 36 heavy (non-hydrogen) atoms. The molecule has 0 aliphatic rings. The quantitative estimate of drug-likeness (QED) is 0.243. The van der Waals surface area contributed by atoms with E-state index in [2.05, 4.69) is 88.4 Å². The maximum Gasteiger partial charge on any atom is 0.232 e. The molecule has 0 saturated heterocycles. The van der Waals surface area contributed by atoms with Gasteiger partial charge < -0.3 is 4.42 Å². The van der Waals surface area contributed by atoms with Crippen LogP contribution in [0, 0.1) is 0 Å². The Hall–Kier alpha value is -4.96. The van der Waals surface area contributed by atoms with Crippen LogP contribution in [0.3, 0.4) is 0 Å². The normalized spacial score (nSPS) is 11.9. The van der Waals surface area contributed by atoms with E-state index in [0.717, 1.165) is 39.0 Å². The number of hydrogen-bond acceptors (Lipinski definition) is 3. The maximum absolute atomic E-state index is 6.24. The van der Waals surface area contributed by atoms with Crippen molar-refractivity contribution in [2.75, 3.05) is 0 Å². The molecule has 0 amide bonds. The van der Waals surface area contributed by atoms with Crippen molar-refractivity contribution in [3.63, 3.8) is 0 Å². The van der Waals surface area contributed by atoms with E-state index in [4.69, 9.17) is 9.40 Å². The predicted octanol–water partition coefficient (Wildman–Crippen LogP) is 8.27. The summed E-state index contributed by atoms with van der Waals surface area (Å²) in [7, 11) is 0. The van der Waals surface area contributed by atoms with Crippen LogP contribution in [-0.4, -0.2) is 14.4 Å². The molecule has 4 aromatic carbocycles. The fourth-order valence-corrected chi connectivity index (χ4v) is 5.56. The Labute approximate surface area is 206 Å². The molecule has 4 heterocycles. The number of imidazole rings is 1. The lowest BCUT2D eigenvalue weighted by Crippen LogP contribution is -1.92. The van der Waals surface area contributed by atoms with Crippen molar-refractivity contribution >= 4 is 49.4 Å². The van der Waals surface area contributed by atoms with E-state index in [0.29, 0.717) is 0 Å². The third-order valence-electron chi connectivity index (χ3n) is 7.09. The number of hydrogen-bond donors (Lipinski definition) is 0. The van der Waals surface area contributed by atoms with Gasteiger partial charge in [0.25, 0.3) is 0 Å². The van der Waals surface area contributed by atoms with Crippen LogP contribution in [0.15, 0.2) is 120 Å². The van der Waals surface area contributed by atoms with E-state index in [9.17, 15) is 0 Å². The van der Waals surface area contributed by atoms with E-state index in [-0.39, 0.29) is 0 Å². The first-order chi connectivity index (χ1) is 17.9. The minimum atomic E-state index is 0.772. The van der Waals surface area contributed by atoms with Gasteiger partial charge >= 0.3 is 0 Å². The number of furan rings is 1. The lowest BCUT2D eigenvalue weighted by atomic mass is 9.87. The first kappa shape index (κ1) is 19.4. The van der Waals surface area contributed by atoms with Gasteiger partial charge in [-0.1, -0.05) is 66.7 Å². The first-order valence-corrected chi connectivity index (χ1v) is 12.0. The Morgan fingerprint density at radius 3 is 1.89 bits per heavy atom. The van der Waals surface area contributed by atoms with Gasteiger partial charge in [-0.2, -0.15) is 0 Å². The van der Waals surface area contributed by atoms with Crippen molar-refractivity contribution in [2.45, 2.75) is 0 Å². The van der Waals surface area contributed by atoms with E-state index in [1.54, 1.807) is 0 Å². The molecular formula is C32H19N3O. The average molecular weight is 462 g/mol. The highest BCUT2D eigenvalue weighted by Crippen LogP contribution is 2.43. The Balaban J connectivity index is 1.49. The monoisotopic (exact) mass is 461 g/mol. The summed E-state index contributed by atoms with van der Waals surface area (Å²) in [6.07, 6.45) is 5.93. The van der Waals surface area contributed by atoms with Crippen molar-refractivity contribution in [1.82, 2.24) is 14.4 Å². The summed E-state index contributed by atoms with van der Waals surface area (Å²) < 4.78 is 8.31. The van der Waals surface area contributed by atoms with Crippen LogP contribution in [0.2, 0.25) is 0 Å². The van der Waals surface area contributed by atoms with E-state index < -0.39 is 0 Å². The average Bonchev–Trinajstić information content (AvgIpc) is 3.48. The largest absolute Gasteiger partial charge is 0.437 e. The number of pyridine rings is 2. The number of rotatable bonds is 2. The van der Waals surface area contributed by atoms with Crippen LogP contribution >= 0.6 is 0 Å². The second-order valence-electron chi connectivity index (χ2n) is 9.09. The third-order valence-corrected chi connectivity index (χ3v) is 7.09. The highest BCUT2D eigenvalue weighted by atomic mass is 16.3. The van der Waals surface area contributed by atoms with Crippen molar-refractivity contribution in [2.24, 2.45) is 0 Å². The van der Waals surface area contributed by atoms with Gasteiger partial charge in [0.2, 0.25) is 5.71 Å². The fourth-order valence-electron chi connectivity index (χ4n) is 5.56. The van der Waals surface area contributed by atoms with Crippen molar-refractivity contribution in [3.8, 4) is 22.3 Å². The molecule has 0 bridgehead atoms. The molecule has 0 atom stereocenters. The zero-order chi connectivity index (χ0) is 23.6. The van der Waals surface area contributed by atoms with Gasteiger partial charge in [0.1, 0.15) is 16.7 Å². The molecule has 0 aliphatic carbocycles. The molecule has 0 aliphatic heterocycles. The topological polar surface area (TPSA) is 43.3 Å². The Bertz CT molecular complexity index is 2040. The lowest BCUT2D eigenvalue weighted by molar-refractivity contribution is 0.649. The number of nitrogens with zero attached hydrogens (tertiary/aromatic N) is 3. The minimum absolute atomic E-state index is 0.772. The molecule has 4 nitrogen and oxygen atoms in total. The van der Waals surface area contributed by atoms with Gasteiger partial charge in [0.05, 0.1) is 0 Å². The molecule has 0 fully saturated rings. The van der Waals surface area contributed by atoms with Crippen molar-refractivity contribution in [3.05, 3.63) is 116 Å². The maximum atomic E-state index is 6.24. The standard InChI is InChI=1S/C32H19N3O/c1-3-11-24-22(9-1)29(20-8-7-17-33-18-20)23-10-2-4-12-25(23)30(24)21-15-16-28-34-31-26-13-5-6-14-27(26)36-32(31)35(28)19-21/h1-19H. The second kappa shape index (κ2) is 7.27. The van der Waals surface area contributed by atoms with Crippen LogP contribution < -0.4 is 0 Å². The van der Waals surface area contributed by atoms with Crippen LogP contribution in [-0.2, 0) is 0 Å². The summed E-state index contributed by atoms with van der Waals surface area (Å²) in [5.74, 6) is 0. The first-order valence-electron chi connectivity index (χ1n) is 12.0. The molecule has 168 valence electrons. The van der Waals surface area contributed by atoms with Crippen LogP contribution in [0.5, 0.6) is 0 Å². The number of para-hydroxylation sites is 1. The summed E-state index contributed by atoms with van der Waals surface area (Å²) in [5.41, 5.74) is 8.04. The Morgan fingerprint density at radius 1 is 0.583 bits per heavy atom. The molecule has 4 heteroatoms. The van der Waals surface area contributed by atoms with E-state index >= 15 is 0 Å². The van der Waals surface area contributed by atoms with Gasteiger partial charge in [0.15, 0.2) is 0 Å². The Kier molecular flexibility index (Phi) is 3.91. The molecule has 8 rings (SSSR count). The number of aromatic nitrogens is 3. The van der Waals surface area contributed by atoms with Crippen LogP contribution in [0.1, 0.15) is 0 Å². The Morgan fingerprint density at radius 2 is 1.22 bits per heavy atom. The summed E-state index contributed by atoms with van der Waals surface area (Å²) in [4.78, 5) is 9.29. The van der Waals surface area contributed by atoms with E-state index in [1.165, 1.54) is 32.7 Å². The molecule has 0 saturated carbocycles. The molecule has 8 aromatic rings. The zero-order valence-electron chi connectivity index (χ0n) is 19.2. The molecule has 0 unspecified atom stereocenters. The minimum Gasteiger partial charge on any atom is -0.437 e. The van der Waals surface area contributed by atoms with Crippen LogP contribution in [0.25, 0.3) is 71.6 Å². The number of fused-ring (bicyclic) bond motifs is 7. The van der Waals surface area contributed by atoms with Gasteiger partial charge in [-0.05, 0) is 68.6 Å². The third kappa shape index (κ3) is 2.64. The summed E-state index contributed by atoms with van der Waals surface area (Å²) >= 11 is 0. The molecule has 0 radical (unpaired) electrons. The lowest BCUT2D eigenvalue weighted by Gasteiger charge is -2.17. The van der Waals surface area contributed by atoms with Crippen LogP contribution in [0.4, 0.5) is 0 Å². The molecular weight excluding hydrogens is 442 g/mol. The second-order valence-corrected chi connectivity index (χ2v) is 9.09. The highest BCUT2D eigenvalue weighted by molar-refractivity contribution is 6.21. The van der Waals surface area contributed by atoms with E-state index in [1.807, 2.05) is 36.7 Å². The SMILES string of the molecule is c1cncc(-c2c3ccccc3c(-c3ccc4nc5c6ccccc6oc5n4c3)c3ccccc23)c1. The van der Waals surface area contributed by atoms with Gasteiger partial charge in [-0.15, -0.1) is 0 Å². The van der Waals surface area contributed by atoms with Gasteiger partial charge in [0, 0.05) is 29.5 Å². The molecule has 0 N–H and O–H groups in total. The fraction of sp³-hybridized carbons (Fsp3) is 0. The number of benzene rings is 4. The summed E-state index contributed by atoms with van der Waals surface area (Å²) in [6.45, 7) is 0. The predicted molar refractivity (Wildman–Crippen MR) is 146 cm³/mol.